The number of hydrogen-bond acceptors (Lipinski definition) is 6. The van der Waals surface area contributed by atoms with E-state index in [4.69, 9.17) is 4.98 Å². The van der Waals surface area contributed by atoms with Crippen molar-refractivity contribution in [3.8, 4) is 0 Å². The van der Waals surface area contributed by atoms with E-state index in [2.05, 4.69) is 38.1 Å². The van der Waals surface area contributed by atoms with E-state index < -0.39 is 5.60 Å². The number of aliphatic hydroxyl groups is 1. The number of benzene rings is 1. The molecule has 0 radical (unpaired) electrons. The van der Waals surface area contributed by atoms with Gasteiger partial charge in [0.1, 0.15) is 5.52 Å². The summed E-state index contributed by atoms with van der Waals surface area (Å²) in [5, 5.41) is 15.0. The summed E-state index contributed by atoms with van der Waals surface area (Å²) in [6.45, 7) is 2.65. The summed E-state index contributed by atoms with van der Waals surface area (Å²) in [4.78, 5) is 13.6. The molecule has 3 aromatic heterocycles. The minimum absolute atomic E-state index is 0.0599. The first kappa shape index (κ1) is 17.6. The van der Waals surface area contributed by atoms with Crippen molar-refractivity contribution in [2.75, 3.05) is 5.32 Å². The Hall–Kier alpha value is -2.51. The number of thiazole rings is 1. The predicted octanol–water partition coefficient (Wildman–Crippen LogP) is 4.19. The molecule has 1 saturated carbocycles. The molecule has 0 spiro atoms. The number of hydrogen-bond donors (Lipinski definition) is 2. The summed E-state index contributed by atoms with van der Waals surface area (Å²) < 4.78 is 3.21. The molecule has 2 atom stereocenters. The number of anilines is 1. The fraction of sp³-hybridized carbons (Fsp3) is 0.381. The van der Waals surface area contributed by atoms with Gasteiger partial charge in [-0.3, -0.25) is 0 Å². The zero-order valence-electron chi connectivity index (χ0n) is 15.8. The van der Waals surface area contributed by atoms with E-state index in [9.17, 15) is 5.11 Å². The SMILES string of the molecule is CC1(O)CCCCC1Nc1nc2ccc(Cn3cnc4cccnc43)cc2s1. The summed E-state index contributed by atoms with van der Waals surface area (Å²) in [7, 11) is 0. The third-order valence-electron chi connectivity index (χ3n) is 5.65. The molecule has 1 aliphatic carbocycles. The standard InChI is InChI=1S/C21H23N5OS/c1-21(27)9-3-2-6-18(21)25-20-24-15-8-7-14(11-17(15)28-20)12-26-13-23-16-5-4-10-22-19(16)26/h4-5,7-8,10-11,13,18,27H,2-3,6,9,12H2,1H3,(H,24,25). The average Bonchev–Trinajstić information content (AvgIpc) is 3.27. The molecule has 1 aromatic carbocycles. The van der Waals surface area contributed by atoms with Crippen molar-refractivity contribution in [2.45, 2.75) is 50.8 Å². The van der Waals surface area contributed by atoms with Gasteiger partial charge in [0.2, 0.25) is 0 Å². The first-order valence-electron chi connectivity index (χ1n) is 9.73. The van der Waals surface area contributed by atoms with Crippen LogP contribution in [0.4, 0.5) is 5.13 Å². The normalized spacial score (nSPS) is 22.7. The molecule has 144 valence electrons. The van der Waals surface area contributed by atoms with Crippen LogP contribution in [-0.2, 0) is 6.54 Å². The molecule has 1 aliphatic rings. The van der Waals surface area contributed by atoms with Gasteiger partial charge in [0.25, 0.3) is 0 Å². The molecular formula is C21H23N5OS. The van der Waals surface area contributed by atoms with Crippen LogP contribution in [0.5, 0.6) is 0 Å². The van der Waals surface area contributed by atoms with E-state index in [0.717, 1.165) is 58.7 Å². The van der Waals surface area contributed by atoms with Gasteiger partial charge in [0.15, 0.2) is 10.8 Å². The van der Waals surface area contributed by atoms with E-state index in [1.165, 1.54) is 5.56 Å². The average molecular weight is 394 g/mol. The molecule has 7 heteroatoms. The maximum atomic E-state index is 10.6. The predicted molar refractivity (Wildman–Crippen MR) is 113 cm³/mol. The van der Waals surface area contributed by atoms with Gasteiger partial charge in [-0.2, -0.15) is 0 Å². The second kappa shape index (κ2) is 6.83. The molecule has 0 aliphatic heterocycles. The van der Waals surface area contributed by atoms with Gasteiger partial charge in [0, 0.05) is 6.20 Å². The molecule has 28 heavy (non-hydrogen) atoms. The van der Waals surface area contributed by atoms with Crippen LogP contribution < -0.4 is 5.32 Å². The number of nitrogens with one attached hydrogen (secondary N) is 1. The van der Waals surface area contributed by atoms with Gasteiger partial charge in [-0.15, -0.1) is 0 Å². The maximum absolute atomic E-state index is 10.6. The van der Waals surface area contributed by atoms with Crippen molar-refractivity contribution in [3.63, 3.8) is 0 Å². The van der Waals surface area contributed by atoms with E-state index in [1.807, 2.05) is 25.4 Å². The second-order valence-electron chi connectivity index (χ2n) is 7.84. The zero-order chi connectivity index (χ0) is 19.1. The Morgan fingerprint density at radius 2 is 2.18 bits per heavy atom. The minimum atomic E-state index is -0.670. The van der Waals surface area contributed by atoms with Crippen molar-refractivity contribution >= 4 is 37.8 Å². The Labute approximate surface area is 167 Å². The van der Waals surface area contributed by atoms with Gasteiger partial charge >= 0.3 is 0 Å². The van der Waals surface area contributed by atoms with Gasteiger partial charge in [-0.05, 0) is 49.6 Å². The quantitative estimate of drug-likeness (QED) is 0.544. The number of fused-ring (bicyclic) bond motifs is 2. The zero-order valence-corrected chi connectivity index (χ0v) is 16.6. The lowest BCUT2D eigenvalue weighted by Crippen LogP contribution is -2.46. The molecule has 1 fully saturated rings. The molecule has 2 N–H and O–H groups in total. The van der Waals surface area contributed by atoms with Gasteiger partial charge in [0.05, 0.1) is 34.7 Å². The second-order valence-corrected chi connectivity index (χ2v) is 8.87. The topological polar surface area (TPSA) is 75.9 Å². The Morgan fingerprint density at radius 1 is 1.25 bits per heavy atom. The highest BCUT2D eigenvalue weighted by molar-refractivity contribution is 7.22. The van der Waals surface area contributed by atoms with Crippen molar-refractivity contribution in [3.05, 3.63) is 48.4 Å². The van der Waals surface area contributed by atoms with Crippen LogP contribution in [0.3, 0.4) is 0 Å². The van der Waals surface area contributed by atoms with Crippen LogP contribution in [0.25, 0.3) is 21.4 Å². The fourth-order valence-corrected chi connectivity index (χ4v) is 5.01. The Morgan fingerprint density at radius 3 is 3.07 bits per heavy atom. The van der Waals surface area contributed by atoms with E-state index >= 15 is 0 Å². The number of rotatable bonds is 4. The van der Waals surface area contributed by atoms with Crippen molar-refractivity contribution in [2.24, 2.45) is 0 Å². The molecule has 0 amide bonds. The molecule has 5 rings (SSSR count). The van der Waals surface area contributed by atoms with E-state index in [0.29, 0.717) is 0 Å². The lowest BCUT2D eigenvalue weighted by Gasteiger charge is -2.37. The van der Waals surface area contributed by atoms with E-state index in [1.54, 1.807) is 17.5 Å². The fourth-order valence-electron chi connectivity index (χ4n) is 4.03. The monoisotopic (exact) mass is 393 g/mol. The van der Waals surface area contributed by atoms with Crippen LogP contribution in [0.15, 0.2) is 42.9 Å². The highest BCUT2D eigenvalue weighted by atomic mass is 32.1. The van der Waals surface area contributed by atoms with Crippen LogP contribution in [0.2, 0.25) is 0 Å². The number of nitrogens with zero attached hydrogens (tertiary/aromatic N) is 4. The highest BCUT2D eigenvalue weighted by Gasteiger charge is 2.34. The Bertz CT molecular complexity index is 1130. The van der Waals surface area contributed by atoms with Crippen LogP contribution in [0.1, 0.15) is 38.2 Å². The molecule has 0 bridgehead atoms. The highest BCUT2D eigenvalue weighted by Crippen LogP contribution is 2.33. The van der Waals surface area contributed by atoms with Gasteiger partial charge in [-0.1, -0.05) is 30.2 Å². The molecule has 2 unspecified atom stereocenters. The molecular weight excluding hydrogens is 370 g/mol. The molecule has 3 heterocycles. The first-order chi connectivity index (χ1) is 13.6. The van der Waals surface area contributed by atoms with Crippen LogP contribution in [-0.4, -0.2) is 36.3 Å². The lowest BCUT2D eigenvalue weighted by atomic mass is 9.82. The summed E-state index contributed by atoms with van der Waals surface area (Å²) in [6, 6.07) is 10.3. The van der Waals surface area contributed by atoms with Crippen molar-refractivity contribution < 1.29 is 5.11 Å². The van der Waals surface area contributed by atoms with Gasteiger partial charge in [-0.25, -0.2) is 15.0 Å². The Balaban J connectivity index is 1.39. The third kappa shape index (κ3) is 3.25. The Kier molecular flexibility index (Phi) is 4.29. The molecule has 6 nitrogen and oxygen atoms in total. The molecule has 4 aromatic rings. The van der Waals surface area contributed by atoms with Crippen LogP contribution >= 0.6 is 11.3 Å². The maximum Gasteiger partial charge on any atom is 0.184 e. The number of imidazole rings is 1. The summed E-state index contributed by atoms with van der Waals surface area (Å²) >= 11 is 1.65. The first-order valence-corrected chi connectivity index (χ1v) is 10.5. The van der Waals surface area contributed by atoms with Gasteiger partial charge < -0.3 is 15.0 Å². The number of aromatic nitrogens is 4. The minimum Gasteiger partial charge on any atom is -0.388 e. The smallest absolute Gasteiger partial charge is 0.184 e. The molecule has 0 saturated heterocycles. The summed E-state index contributed by atoms with van der Waals surface area (Å²) in [6.07, 6.45) is 7.70. The van der Waals surface area contributed by atoms with Crippen molar-refractivity contribution in [1.29, 1.82) is 0 Å². The summed E-state index contributed by atoms with van der Waals surface area (Å²) in [5.41, 5.74) is 3.32. The third-order valence-corrected chi connectivity index (χ3v) is 6.60. The number of pyridine rings is 1. The summed E-state index contributed by atoms with van der Waals surface area (Å²) in [5.74, 6) is 0. The van der Waals surface area contributed by atoms with Crippen LogP contribution in [0, 0.1) is 0 Å². The largest absolute Gasteiger partial charge is 0.388 e. The lowest BCUT2D eigenvalue weighted by molar-refractivity contribution is 0.0106. The van der Waals surface area contributed by atoms with E-state index in [-0.39, 0.29) is 6.04 Å². The van der Waals surface area contributed by atoms with Crippen molar-refractivity contribution in [1.82, 2.24) is 19.5 Å².